The molecule has 0 fully saturated rings. The molecule has 1 unspecified atom stereocenters. The lowest BCUT2D eigenvalue weighted by Gasteiger charge is -2.18. The van der Waals surface area contributed by atoms with Crippen LogP contribution in [0.4, 0.5) is 0 Å². The number of allylic oxidation sites excluding steroid dienone is 10. The van der Waals surface area contributed by atoms with E-state index in [-0.39, 0.29) is 31.1 Å². The molecule has 1 atom stereocenters. The molecule has 0 aromatic carbocycles. The van der Waals surface area contributed by atoms with Gasteiger partial charge in [0.25, 0.3) is 0 Å². The molecule has 6 heteroatoms. The molecular formula is C66H118O6. The summed E-state index contributed by atoms with van der Waals surface area (Å²) < 4.78 is 16.9. The standard InChI is InChI=1S/C66H118O6/c1-4-7-10-13-16-19-22-24-25-26-27-28-29-30-31-32-33-34-35-36-37-38-39-40-41-43-44-47-50-53-56-59-65(68)71-62-63(61-70-64(67)58-55-52-49-46-21-18-15-12-9-6-3)72-66(69)60-57-54-51-48-45-42-23-20-17-14-11-8-5-2/h7,10,16,19-20,23-25,27-28,63H,4-6,8-9,11-15,17-18,21-22,26,29-62H2,1-3H3/b10-7-,19-16-,23-20-,25-24-,28-27-. The summed E-state index contributed by atoms with van der Waals surface area (Å²) in [6.45, 7) is 6.52. The lowest BCUT2D eigenvalue weighted by atomic mass is 10.0. The van der Waals surface area contributed by atoms with Crippen LogP contribution in [0.25, 0.3) is 0 Å². The van der Waals surface area contributed by atoms with E-state index in [0.29, 0.717) is 19.3 Å². The van der Waals surface area contributed by atoms with Gasteiger partial charge in [0.05, 0.1) is 0 Å². The van der Waals surface area contributed by atoms with Crippen LogP contribution in [0.2, 0.25) is 0 Å². The van der Waals surface area contributed by atoms with Crippen LogP contribution in [0.15, 0.2) is 60.8 Å². The summed E-state index contributed by atoms with van der Waals surface area (Å²) in [6, 6.07) is 0. The second-order valence-electron chi connectivity index (χ2n) is 20.9. The van der Waals surface area contributed by atoms with Crippen LogP contribution in [-0.4, -0.2) is 37.2 Å². The molecule has 0 saturated heterocycles. The van der Waals surface area contributed by atoms with E-state index in [1.807, 2.05) is 0 Å². The summed E-state index contributed by atoms with van der Waals surface area (Å²) in [7, 11) is 0. The van der Waals surface area contributed by atoms with Crippen molar-refractivity contribution in [2.24, 2.45) is 0 Å². The van der Waals surface area contributed by atoms with Gasteiger partial charge in [0, 0.05) is 19.3 Å². The lowest BCUT2D eigenvalue weighted by molar-refractivity contribution is -0.167. The Kier molecular flexibility index (Phi) is 58.2. The largest absolute Gasteiger partial charge is 0.462 e. The van der Waals surface area contributed by atoms with Crippen molar-refractivity contribution in [3.63, 3.8) is 0 Å². The number of unbranched alkanes of at least 4 members (excludes halogenated alkanes) is 36. The van der Waals surface area contributed by atoms with Crippen LogP contribution in [0.1, 0.15) is 323 Å². The van der Waals surface area contributed by atoms with Gasteiger partial charge in [-0.15, -0.1) is 0 Å². The fraction of sp³-hybridized carbons (Fsp3) is 0.803. The van der Waals surface area contributed by atoms with Gasteiger partial charge in [-0.05, 0) is 83.5 Å². The minimum atomic E-state index is -0.773. The van der Waals surface area contributed by atoms with Gasteiger partial charge in [-0.1, -0.05) is 281 Å². The Morgan fingerprint density at radius 3 is 0.875 bits per heavy atom. The van der Waals surface area contributed by atoms with Crippen LogP contribution >= 0.6 is 0 Å². The van der Waals surface area contributed by atoms with E-state index >= 15 is 0 Å². The first-order chi connectivity index (χ1) is 35.5. The van der Waals surface area contributed by atoms with Gasteiger partial charge in [-0.2, -0.15) is 0 Å². The zero-order valence-corrected chi connectivity index (χ0v) is 47.9. The minimum absolute atomic E-state index is 0.0724. The van der Waals surface area contributed by atoms with E-state index in [1.54, 1.807) is 0 Å². The lowest BCUT2D eigenvalue weighted by Crippen LogP contribution is -2.30. The van der Waals surface area contributed by atoms with Gasteiger partial charge < -0.3 is 14.2 Å². The van der Waals surface area contributed by atoms with Gasteiger partial charge in [-0.3, -0.25) is 14.4 Å². The third-order valence-corrected chi connectivity index (χ3v) is 13.8. The van der Waals surface area contributed by atoms with E-state index < -0.39 is 6.10 Å². The van der Waals surface area contributed by atoms with Crippen LogP contribution in [0.5, 0.6) is 0 Å². The number of esters is 3. The highest BCUT2D eigenvalue weighted by atomic mass is 16.6. The Bertz CT molecular complexity index is 1290. The van der Waals surface area contributed by atoms with Crippen molar-refractivity contribution >= 4 is 17.9 Å². The van der Waals surface area contributed by atoms with E-state index in [0.717, 1.165) is 89.9 Å². The molecule has 0 N–H and O–H groups in total. The molecule has 0 aromatic heterocycles. The molecule has 0 aliphatic heterocycles. The van der Waals surface area contributed by atoms with Crippen molar-refractivity contribution in [3.05, 3.63) is 60.8 Å². The Balaban J connectivity index is 4.07. The smallest absolute Gasteiger partial charge is 0.306 e. The molecule has 418 valence electrons. The van der Waals surface area contributed by atoms with Gasteiger partial charge in [-0.25, -0.2) is 0 Å². The van der Waals surface area contributed by atoms with Crippen molar-refractivity contribution in [2.75, 3.05) is 13.2 Å². The van der Waals surface area contributed by atoms with E-state index in [2.05, 4.69) is 81.5 Å². The van der Waals surface area contributed by atoms with E-state index in [4.69, 9.17) is 14.2 Å². The van der Waals surface area contributed by atoms with E-state index in [9.17, 15) is 14.4 Å². The third kappa shape index (κ3) is 58.0. The molecule has 0 rings (SSSR count). The maximum absolute atomic E-state index is 12.8. The summed E-state index contributed by atoms with van der Waals surface area (Å²) in [5.41, 5.74) is 0. The Morgan fingerprint density at radius 2 is 0.542 bits per heavy atom. The van der Waals surface area contributed by atoms with Crippen molar-refractivity contribution in [1.29, 1.82) is 0 Å². The summed E-state index contributed by atoms with van der Waals surface area (Å²) in [5, 5.41) is 0. The number of hydrogen-bond donors (Lipinski definition) is 0. The quantitative estimate of drug-likeness (QED) is 0.0261. The molecule has 0 saturated carbocycles. The van der Waals surface area contributed by atoms with E-state index in [1.165, 1.54) is 193 Å². The molecule has 0 aliphatic carbocycles. The monoisotopic (exact) mass is 1010 g/mol. The Morgan fingerprint density at radius 1 is 0.292 bits per heavy atom. The molecule has 0 radical (unpaired) electrons. The van der Waals surface area contributed by atoms with Gasteiger partial charge in [0.15, 0.2) is 6.10 Å². The van der Waals surface area contributed by atoms with Crippen molar-refractivity contribution < 1.29 is 28.6 Å². The molecule has 6 nitrogen and oxygen atoms in total. The molecule has 0 aliphatic rings. The number of hydrogen-bond acceptors (Lipinski definition) is 6. The zero-order valence-electron chi connectivity index (χ0n) is 47.9. The number of carbonyl (C=O) groups excluding carboxylic acids is 3. The topological polar surface area (TPSA) is 78.9 Å². The van der Waals surface area contributed by atoms with Crippen LogP contribution < -0.4 is 0 Å². The van der Waals surface area contributed by atoms with Crippen LogP contribution in [-0.2, 0) is 28.6 Å². The maximum atomic E-state index is 12.8. The Labute approximate surface area is 447 Å². The first-order valence-corrected chi connectivity index (χ1v) is 31.3. The highest BCUT2D eigenvalue weighted by Crippen LogP contribution is 2.17. The highest BCUT2D eigenvalue weighted by molar-refractivity contribution is 5.71. The molecule has 0 bridgehead atoms. The number of carbonyl (C=O) groups is 3. The molecule has 0 amide bonds. The number of rotatable bonds is 57. The second-order valence-corrected chi connectivity index (χ2v) is 20.9. The Hall–Kier alpha value is -2.89. The summed E-state index contributed by atoms with van der Waals surface area (Å²) >= 11 is 0. The first-order valence-electron chi connectivity index (χ1n) is 31.3. The van der Waals surface area contributed by atoms with Crippen molar-refractivity contribution in [3.8, 4) is 0 Å². The second kappa shape index (κ2) is 60.7. The molecule has 0 heterocycles. The fourth-order valence-electron chi connectivity index (χ4n) is 9.08. The average Bonchev–Trinajstić information content (AvgIpc) is 3.38. The van der Waals surface area contributed by atoms with Gasteiger partial charge >= 0.3 is 17.9 Å². The average molecular weight is 1010 g/mol. The molecular weight excluding hydrogens is 889 g/mol. The van der Waals surface area contributed by atoms with Crippen LogP contribution in [0, 0.1) is 0 Å². The molecule has 0 aromatic rings. The normalized spacial score (nSPS) is 12.4. The minimum Gasteiger partial charge on any atom is -0.462 e. The molecule has 72 heavy (non-hydrogen) atoms. The van der Waals surface area contributed by atoms with Crippen molar-refractivity contribution in [1.82, 2.24) is 0 Å². The predicted molar refractivity (Wildman–Crippen MR) is 312 cm³/mol. The maximum Gasteiger partial charge on any atom is 0.306 e. The predicted octanol–water partition coefficient (Wildman–Crippen LogP) is 21.2. The third-order valence-electron chi connectivity index (χ3n) is 13.8. The summed E-state index contributed by atoms with van der Waals surface area (Å²) in [5.74, 6) is -0.867. The highest BCUT2D eigenvalue weighted by Gasteiger charge is 2.19. The van der Waals surface area contributed by atoms with Gasteiger partial charge in [0.2, 0.25) is 0 Å². The summed E-state index contributed by atoms with van der Waals surface area (Å²) in [6.07, 6.45) is 76.7. The molecule has 0 spiro atoms. The van der Waals surface area contributed by atoms with Gasteiger partial charge in [0.1, 0.15) is 13.2 Å². The fourth-order valence-corrected chi connectivity index (χ4v) is 9.08. The first kappa shape index (κ1) is 69.1. The number of ether oxygens (including phenoxy) is 3. The summed E-state index contributed by atoms with van der Waals surface area (Å²) in [4.78, 5) is 38.1. The SMILES string of the molecule is CC/C=C\C/C=C\C/C=C\C/C=C\CCCCCCCCCCCCCCCCCCCCC(=O)OCC(COC(=O)CCCCCCCCCCCC)OC(=O)CCCCCCC/C=C\CCCCCC. The van der Waals surface area contributed by atoms with Crippen molar-refractivity contribution in [2.45, 2.75) is 329 Å². The zero-order chi connectivity index (χ0) is 52.2. The van der Waals surface area contributed by atoms with Crippen LogP contribution in [0.3, 0.4) is 0 Å².